The van der Waals surface area contributed by atoms with E-state index < -0.39 is 0 Å². The Balaban J connectivity index is 0.00000121. The minimum atomic E-state index is 0. The summed E-state index contributed by atoms with van der Waals surface area (Å²) < 4.78 is 1.33. The van der Waals surface area contributed by atoms with Gasteiger partial charge < -0.3 is 5.73 Å². The average molecular weight is 303 g/mol. The third-order valence-electron chi connectivity index (χ3n) is 3.68. The molecule has 1 saturated carbocycles. The molecule has 102 valence electrons. The molecule has 1 aliphatic rings. The molecule has 3 aromatic rings. The van der Waals surface area contributed by atoms with Gasteiger partial charge in [0.2, 0.25) is 0 Å². The van der Waals surface area contributed by atoms with E-state index in [1.807, 2.05) is 6.07 Å². The molecule has 0 spiro atoms. The van der Waals surface area contributed by atoms with E-state index in [0.717, 1.165) is 0 Å². The summed E-state index contributed by atoms with van der Waals surface area (Å²) in [5.41, 5.74) is 9.59. The van der Waals surface area contributed by atoms with Crippen LogP contribution < -0.4 is 5.73 Å². The number of hydrogen-bond donors (Lipinski definition) is 1. The molecule has 0 amide bonds. The van der Waals surface area contributed by atoms with Crippen LogP contribution in [0.15, 0.2) is 41.8 Å². The lowest BCUT2D eigenvalue weighted by atomic mass is 10.0. The van der Waals surface area contributed by atoms with Crippen LogP contribution in [0.4, 0.5) is 5.82 Å². The molecular weight excluding hydrogens is 288 g/mol. The van der Waals surface area contributed by atoms with Crippen molar-refractivity contribution >= 4 is 39.6 Å². The van der Waals surface area contributed by atoms with E-state index in [4.69, 9.17) is 5.73 Å². The van der Waals surface area contributed by atoms with Crippen molar-refractivity contribution in [3.63, 3.8) is 0 Å². The normalized spacial score (nSPS) is 14.2. The number of aromatic nitrogens is 1. The van der Waals surface area contributed by atoms with Crippen LogP contribution >= 0.6 is 23.7 Å². The van der Waals surface area contributed by atoms with Crippen molar-refractivity contribution in [2.45, 2.75) is 18.8 Å². The van der Waals surface area contributed by atoms with Gasteiger partial charge in [-0.25, -0.2) is 4.98 Å². The predicted octanol–water partition coefficient (Wildman–Crippen LogP) is 4.84. The summed E-state index contributed by atoms with van der Waals surface area (Å²) in [5, 5.41) is 3.56. The first-order valence-electron chi connectivity index (χ1n) is 6.56. The molecule has 1 aromatic carbocycles. The number of anilines is 1. The van der Waals surface area contributed by atoms with E-state index in [0.29, 0.717) is 11.7 Å². The highest BCUT2D eigenvalue weighted by Gasteiger charge is 2.28. The molecule has 4 rings (SSSR count). The smallest absolute Gasteiger partial charge is 0.123 e. The topological polar surface area (TPSA) is 38.9 Å². The van der Waals surface area contributed by atoms with E-state index >= 15 is 0 Å². The molecule has 2 heterocycles. The van der Waals surface area contributed by atoms with E-state index in [-0.39, 0.29) is 12.4 Å². The highest BCUT2D eigenvalue weighted by atomic mass is 35.5. The number of thiophene rings is 1. The molecule has 2 nitrogen and oxygen atoms in total. The van der Waals surface area contributed by atoms with Crippen molar-refractivity contribution in [3.8, 4) is 11.1 Å². The van der Waals surface area contributed by atoms with Crippen LogP contribution in [0.1, 0.15) is 24.5 Å². The number of fused-ring (bicyclic) bond motifs is 1. The van der Waals surface area contributed by atoms with Gasteiger partial charge >= 0.3 is 0 Å². The molecule has 4 heteroatoms. The fraction of sp³-hybridized carbons (Fsp3) is 0.188. The van der Waals surface area contributed by atoms with Gasteiger partial charge in [-0.15, -0.1) is 23.7 Å². The number of rotatable bonds is 2. The molecule has 0 atom stereocenters. The molecule has 0 bridgehead atoms. The van der Waals surface area contributed by atoms with Gasteiger partial charge in [0.25, 0.3) is 0 Å². The number of nitrogen functional groups attached to an aromatic ring is 1. The van der Waals surface area contributed by atoms with Crippen molar-refractivity contribution in [2.75, 3.05) is 5.73 Å². The molecule has 2 N–H and O–H groups in total. The Morgan fingerprint density at radius 2 is 1.85 bits per heavy atom. The Labute approximate surface area is 128 Å². The van der Waals surface area contributed by atoms with Crippen molar-refractivity contribution in [1.29, 1.82) is 0 Å². The Kier molecular flexibility index (Phi) is 3.40. The van der Waals surface area contributed by atoms with Crippen LogP contribution in [0.3, 0.4) is 0 Å². The Bertz CT molecular complexity index is 762. The van der Waals surface area contributed by atoms with E-state index in [2.05, 4.69) is 40.7 Å². The third-order valence-corrected chi connectivity index (χ3v) is 4.64. The molecular formula is C16H15ClN2S. The van der Waals surface area contributed by atoms with Crippen LogP contribution in [-0.4, -0.2) is 4.98 Å². The summed E-state index contributed by atoms with van der Waals surface area (Å²) in [6, 6.07) is 12.6. The second-order valence-corrected chi connectivity index (χ2v) is 6.00. The monoisotopic (exact) mass is 302 g/mol. The van der Waals surface area contributed by atoms with Crippen molar-refractivity contribution in [3.05, 3.63) is 47.5 Å². The van der Waals surface area contributed by atoms with Gasteiger partial charge in [-0.2, -0.15) is 0 Å². The highest BCUT2D eigenvalue weighted by molar-refractivity contribution is 7.17. The summed E-state index contributed by atoms with van der Waals surface area (Å²) in [7, 11) is 0. The van der Waals surface area contributed by atoms with Crippen molar-refractivity contribution < 1.29 is 0 Å². The first-order chi connectivity index (χ1) is 9.33. The summed E-state index contributed by atoms with van der Waals surface area (Å²) in [6.07, 6.45) is 2.48. The lowest BCUT2D eigenvalue weighted by Gasteiger charge is -2.08. The van der Waals surface area contributed by atoms with Crippen LogP contribution in [0.2, 0.25) is 0 Å². The molecule has 0 aliphatic heterocycles. The Morgan fingerprint density at radius 1 is 1.05 bits per heavy atom. The van der Waals surface area contributed by atoms with Gasteiger partial charge in [0, 0.05) is 27.1 Å². The van der Waals surface area contributed by atoms with Gasteiger partial charge in [-0.05, 0) is 36.4 Å². The maximum atomic E-state index is 5.85. The Morgan fingerprint density at radius 3 is 2.65 bits per heavy atom. The Hall–Kier alpha value is -1.58. The first-order valence-corrected chi connectivity index (χ1v) is 7.44. The van der Waals surface area contributed by atoms with Crippen LogP contribution in [0, 0.1) is 0 Å². The SMILES string of the molecule is Cl.Nc1ccc(-c2csc3ccccc23)c(C2CC2)n1. The maximum absolute atomic E-state index is 5.85. The third kappa shape index (κ3) is 2.17. The zero-order valence-corrected chi connectivity index (χ0v) is 12.5. The number of hydrogen-bond acceptors (Lipinski definition) is 3. The highest BCUT2D eigenvalue weighted by Crippen LogP contribution is 2.45. The number of nitrogens with zero attached hydrogens (tertiary/aromatic N) is 1. The molecule has 20 heavy (non-hydrogen) atoms. The second-order valence-electron chi connectivity index (χ2n) is 5.09. The van der Waals surface area contributed by atoms with Crippen molar-refractivity contribution in [1.82, 2.24) is 4.98 Å². The number of halogens is 1. The van der Waals surface area contributed by atoms with Gasteiger partial charge in [0.1, 0.15) is 5.82 Å². The summed E-state index contributed by atoms with van der Waals surface area (Å²) >= 11 is 1.79. The quantitative estimate of drug-likeness (QED) is 0.735. The van der Waals surface area contributed by atoms with E-state index in [1.165, 1.54) is 39.7 Å². The van der Waals surface area contributed by atoms with E-state index in [1.54, 1.807) is 11.3 Å². The lowest BCUT2D eigenvalue weighted by Crippen LogP contribution is -1.96. The van der Waals surface area contributed by atoms with Crippen LogP contribution in [0.25, 0.3) is 21.2 Å². The standard InChI is InChI=1S/C16H14N2S.ClH/c17-15-8-7-12(16(18-15)10-5-6-10)13-9-19-14-4-2-1-3-11(13)14;/h1-4,7-10H,5-6H2,(H2,17,18);1H. The zero-order valence-electron chi connectivity index (χ0n) is 10.9. The molecule has 0 radical (unpaired) electrons. The minimum absolute atomic E-state index is 0. The zero-order chi connectivity index (χ0) is 12.8. The van der Waals surface area contributed by atoms with Gasteiger partial charge in [-0.1, -0.05) is 18.2 Å². The molecule has 1 fully saturated rings. The van der Waals surface area contributed by atoms with Crippen LogP contribution in [0.5, 0.6) is 0 Å². The van der Waals surface area contributed by atoms with Gasteiger partial charge in [0.05, 0.1) is 5.69 Å². The number of pyridine rings is 1. The fourth-order valence-electron chi connectivity index (χ4n) is 2.57. The summed E-state index contributed by atoms with van der Waals surface area (Å²) in [5.74, 6) is 1.24. The maximum Gasteiger partial charge on any atom is 0.123 e. The van der Waals surface area contributed by atoms with Gasteiger partial charge in [-0.3, -0.25) is 0 Å². The number of benzene rings is 1. The van der Waals surface area contributed by atoms with Crippen molar-refractivity contribution in [2.24, 2.45) is 0 Å². The van der Waals surface area contributed by atoms with Crippen LogP contribution in [-0.2, 0) is 0 Å². The molecule has 2 aromatic heterocycles. The minimum Gasteiger partial charge on any atom is -0.384 e. The number of nitrogens with two attached hydrogens (primary N) is 1. The summed E-state index contributed by atoms with van der Waals surface area (Å²) in [4.78, 5) is 4.58. The fourth-order valence-corrected chi connectivity index (χ4v) is 3.53. The molecule has 1 aliphatic carbocycles. The summed E-state index contributed by atoms with van der Waals surface area (Å²) in [6.45, 7) is 0. The second kappa shape index (κ2) is 5.08. The first kappa shape index (κ1) is 13.4. The average Bonchev–Trinajstić information content (AvgIpc) is 3.19. The lowest BCUT2D eigenvalue weighted by molar-refractivity contribution is 1.03. The molecule has 0 unspecified atom stereocenters. The molecule has 0 saturated heterocycles. The largest absolute Gasteiger partial charge is 0.384 e. The van der Waals surface area contributed by atoms with Gasteiger partial charge in [0.15, 0.2) is 0 Å². The van der Waals surface area contributed by atoms with E-state index in [9.17, 15) is 0 Å². The predicted molar refractivity (Wildman–Crippen MR) is 88.7 cm³/mol.